The molecule has 0 amide bonds. The number of halogens is 1. The summed E-state index contributed by atoms with van der Waals surface area (Å²) in [5.41, 5.74) is 5.80. The quantitative estimate of drug-likeness (QED) is 0.680. The first-order valence-corrected chi connectivity index (χ1v) is 6.38. The summed E-state index contributed by atoms with van der Waals surface area (Å²) in [4.78, 5) is 11.8. The summed E-state index contributed by atoms with van der Waals surface area (Å²) in [7, 11) is 0. The Kier molecular flexibility index (Phi) is 4.21. The zero-order valence-corrected chi connectivity index (χ0v) is 10.7. The van der Waals surface area contributed by atoms with Crippen molar-refractivity contribution >= 4 is 17.3 Å². The lowest BCUT2D eigenvalue weighted by atomic mass is 10.2. The van der Waals surface area contributed by atoms with Crippen LogP contribution in [-0.4, -0.2) is 34.1 Å². The lowest BCUT2D eigenvalue weighted by molar-refractivity contribution is 0.266. The standard InChI is InChI=1S/C11H17ClN4O2/c12-10-9(15-8(5-13)7-1-2-7)6-14-16(3-4-17)11(10)18/h6-8,15,17H,1-5,13H2. The van der Waals surface area contributed by atoms with Gasteiger partial charge in [-0.05, 0) is 18.8 Å². The largest absolute Gasteiger partial charge is 0.394 e. The summed E-state index contributed by atoms with van der Waals surface area (Å²) in [6.45, 7) is 0.492. The van der Waals surface area contributed by atoms with Gasteiger partial charge >= 0.3 is 0 Å². The normalized spacial score (nSPS) is 16.6. The Morgan fingerprint density at radius 2 is 2.39 bits per heavy atom. The molecule has 1 fully saturated rings. The highest BCUT2D eigenvalue weighted by molar-refractivity contribution is 6.32. The molecule has 100 valence electrons. The Balaban J connectivity index is 2.18. The predicted octanol–water partition coefficient (Wildman–Crippen LogP) is 0.0382. The summed E-state index contributed by atoms with van der Waals surface area (Å²) in [5.74, 6) is 0.561. The first-order chi connectivity index (χ1) is 8.67. The van der Waals surface area contributed by atoms with Gasteiger partial charge < -0.3 is 16.2 Å². The van der Waals surface area contributed by atoms with Crippen LogP contribution in [0.15, 0.2) is 11.0 Å². The second-order valence-corrected chi connectivity index (χ2v) is 4.83. The van der Waals surface area contributed by atoms with Crippen molar-refractivity contribution in [1.29, 1.82) is 0 Å². The second-order valence-electron chi connectivity index (χ2n) is 4.45. The molecule has 0 aliphatic heterocycles. The van der Waals surface area contributed by atoms with Crippen LogP contribution < -0.4 is 16.6 Å². The number of rotatable bonds is 6. The van der Waals surface area contributed by atoms with E-state index in [2.05, 4.69) is 10.4 Å². The molecule has 1 unspecified atom stereocenters. The van der Waals surface area contributed by atoms with E-state index in [9.17, 15) is 4.79 Å². The minimum Gasteiger partial charge on any atom is -0.394 e. The van der Waals surface area contributed by atoms with E-state index < -0.39 is 5.56 Å². The van der Waals surface area contributed by atoms with Gasteiger partial charge in [-0.15, -0.1) is 0 Å². The summed E-state index contributed by atoms with van der Waals surface area (Å²) in [6.07, 6.45) is 3.81. The maximum absolute atomic E-state index is 11.8. The van der Waals surface area contributed by atoms with Crippen molar-refractivity contribution in [2.45, 2.75) is 25.4 Å². The molecule has 0 spiro atoms. The van der Waals surface area contributed by atoms with E-state index in [1.165, 1.54) is 6.20 Å². The molecule has 6 nitrogen and oxygen atoms in total. The van der Waals surface area contributed by atoms with Gasteiger partial charge in [-0.25, -0.2) is 4.68 Å². The molecule has 1 heterocycles. The molecule has 4 N–H and O–H groups in total. The summed E-state index contributed by atoms with van der Waals surface area (Å²) >= 11 is 6.00. The van der Waals surface area contributed by atoms with Crippen LogP contribution in [-0.2, 0) is 6.54 Å². The molecular weight excluding hydrogens is 256 g/mol. The molecule has 7 heteroatoms. The molecule has 1 aromatic heterocycles. The van der Waals surface area contributed by atoms with Gasteiger partial charge in [0.1, 0.15) is 5.02 Å². The molecule has 0 bridgehead atoms. The Morgan fingerprint density at radius 3 is 2.94 bits per heavy atom. The van der Waals surface area contributed by atoms with Gasteiger partial charge in [0.25, 0.3) is 5.56 Å². The number of nitrogens with two attached hydrogens (primary N) is 1. The van der Waals surface area contributed by atoms with Crippen LogP contribution in [0.1, 0.15) is 12.8 Å². The lowest BCUT2D eigenvalue weighted by Gasteiger charge is -2.18. The molecule has 1 aliphatic rings. The maximum Gasteiger partial charge on any atom is 0.287 e. The van der Waals surface area contributed by atoms with Crippen LogP contribution in [0.2, 0.25) is 5.02 Å². The van der Waals surface area contributed by atoms with Crippen LogP contribution in [0.3, 0.4) is 0 Å². The average molecular weight is 273 g/mol. The molecule has 2 rings (SSSR count). The van der Waals surface area contributed by atoms with E-state index in [4.69, 9.17) is 22.4 Å². The smallest absolute Gasteiger partial charge is 0.287 e. The maximum atomic E-state index is 11.8. The minimum absolute atomic E-state index is 0.0950. The highest BCUT2D eigenvalue weighted by Crippen LogP contribution is 2.34. The number of nitrogens with zero attached hydrogens (tertiary/aromatic N) is 2. The molecular formula is C11H17ClN4O2. The van der Waals surface area contributed by atoms with Crippen LogP contribution in [0, 0.1) is 5.92 Å². The van der Waals surface area contributed by atoms with Gasteiger partial charge in [0.15, 0.2) is 0 Å². The Labute approximate surface area is 110 Å². The van der Waals surface area contributed by atoms with Gasteiger partial charge in [-0.1, -0.05) is 11.6 Å². The van der Waals surface area contributed by atoms with Gasteiger partial charge in [-0.2, -0.15) is 5.10 Å². The van der Waals surface area contributed by atoms with E-state index in [1.807, 2.05) is 0 Å². The van der Waals surface area contributed by atoms with Crippen LogP contribution in [0.5, 0.6) is 0 Å². The third-order valence-corrected chi connectivity index (χ3v) is 3.45. The van der Waals surface area contributed by atoms with Crippen LogP contribution in [0.4, 0.5) is 5.69 Å². The minimum atomic E-state index is -0.401. The Morgan fingerprint density at radius 1 is 1.67 bits per heavy atom. The molecule has 1 saturated carbocycles. The van der Waals surface area contributed by atoms with Crippen molar-refractivity contribution in [3.63, 3.8) is 0 Å². The van der Waals surface area contributed by atoms with Gasteiger partial charge in [0.05, 0.1) is 25.0 Å². The monoisotopic (exact) mass is 272 g/mol. The number of hydrogen-bond acceptors (Lipinski definition) is 5. The second kappa shape index (κ2) is 5.69. The van der Waals surface area contributed by atoms with Crippen molar-refractivity contribution in [3.05, 3.63) is 21.6 Å². The molecule has 0 aromatic carbocycles. The van der Waals surface area contributed by atoms with Crippen molar-refractivity contribution in [2.75, 3.05) is 18.5 Å². The van der Waals surface area contributed by atoms with E-state index in [-0.39, 0.29) is 24.2 Å². The number of aromatic nitrogens is 2. The first kappa shape index (κ1) is 13.3. The van der Waals surface area contributed by atoms with Gasteiger partial charge in [-0.3, -0.25) is 4.79 Å². The molecule has 18 heavy (non-hydrogen) atoms. The number of aliphatic hydroxyl groups is 1. The first-order valence-electron chi connectivity index (χ1n) is 6.00. The van der Waals surface area contributed by atoms with E-state index >= 15 is 0 Å². The Hall–Kier alpha value is -1.11. The van der Waals surface area contributed by atoms with Crippen LogP contribution >= 0.6 is 11.6 Å². The van der Waals surface area contributed by atoms with E-state index in [0.717, 1.165) is 17.5 Å². The molecule has 0 saturated heterocycles. The number of aliphatic hydroxyl groups excluding tert-OH is 1. The van der Waals surface area contributed by atoms with Gasteiger partial charge in [0.2, 0.25) is 0 Å². The summed E-state index contributed by atoms with van der Waals surface area (Å²) < 4.78 is 1.14. The van der Waals surface area contributed by atoms with Crippen molar-refractivity contribution in [1.82, 2.24) is 9.78 Å². The number of hydrogen-bond donors (Lipinski definition) is 3. The number of nitrogens with one attached hydrogen (secondary N) is 1. The highest BCUT2D eigenvalue weighted by Gasteiger charge is 2.30. The van der Waals surface area contributed by atoms with Crippen molar-refractivity contribution in [3.8, 4) is 0 Å². The summed E-state index contributed by atoms with van der Waals surface area (Å²) in [6, 6.07) is 0.136. The lowest BCUT2D eigenvalue weighted by Crippen LogP contribution is -2.33. The number of anilines is 1. The molecule has 0 radical (unpaired) electrons. The topological polar surface area (TPSA) is 93.2 Å². The fraction of sp³-hybridized carbons (Fsp3) is 0.636. The summed E-state index contributed by atoms with van der Waals surface area (Å²) in [5, 5.41) is 16.0. The third-order valence-electron chi connectivity index (χ3n) is 3.08. The highest BCUT2D eigenvalue weighted by atomic mass is 35.5. The molecule has 1 aromatic rings. The zero-order valence-electron chi connectivity index (χ0n) is 9.97. The third kappa shape index (κ3) is 2.82. The van der Waals surface area contributed by atoms with Crippen molar-refractivity contribution < 1.29 is 5.11 Å². The fourth-order valence-corrected chi connectivity index (χ4v) is 2.09. The zero-order chi connectivity index (χ0) is 13.1. The van der Waals surface area contributed by atoms with Crippen molar-refractivity contribution in [2.24, 2.45) is 11.7 Å². The van der Waals surface area contributed by atoms with Gasteiger partial charge in [0, 0.05) is 12.6 Å². The van der Waals surface area contributed by atoms with E-state index in [0.29, 0.717) is 18.2 Å². The Bertz CT molecular complexity index is 473. The average Bonchev–Trinajstić information content (AvgIpc) is 3.19. The predicted molar refractivity (Wildman–Crippen MR) is 69.8 cm³/mol. The van der Waals surface area contributed by atoms with E-state index in [1.54, 1.807) is 0 Å². The SMILES string of the molecule is NCC(Nc1cnn(CCO)c(=O)c1Cl)C1CC1. The molecule has 1 atom stereocenters. The molecule has 1 aliphatic carbocycles. The van der Waals surface area contributed by atoms with Crippen LogP contribution in [0.25, 0.3) is 0 Å². The fourth-order valence-electron chi connectivity index (χ4n) is 1.89.